The molecule has 21 heavy (non-hydrogen) atoms. The predicted octanol–water partition coefficient (Wildman–Crippen LogP) is 2.93. The van der Waals surface area contributed by atoms with Crippen LogP contribution in [0.5, 0.6) is 0 Å². The van der Waals surface area contributed by atoms with Crippen molar-refractivity contribution in [2.24, 2.45) is 11.3 Å². The molecule has 1 atom stereocenters. The van der Waals surface area contributed by atoms with E-state index in [0.29, 0.717) is 6.42 Å². The second kappa shape index (κ2) is 5.26. The quantitative estimate of drug-likeness (QED) is 0.868. The van der Waals surface area contributed by atoms with Gasteiger partial charge in [0.25, 0.3) is 0 Å². The van der Waals surface area contributed by atoms with Crippen LogP contribution in [-0.2, 0) is 16.0 Å². The Hall–Kier alpha value is -1.69. The highest BCUT2D eigenvalue weighted by Crippen LogP contribution is 2.44. The highest BCUT2D eigenvalue weighted by atomic mass is 32.1. The van der Waals surface area contributed by atoms with Crippen molar-refractivity contribution in [3.05, 3.63) is 16.5 Å². The minimum atomic E-state index is -1.11. The molecule has 1 aromatic rings. The Morgan fingerprint density at radius 1 is 1.48 bits per heavy atom. The van der Waals surface area contributed by atoms with Crippen LogP contribution in [0.25, 0.3) is 0 Å². The number of hydrogen-bond donors (Lipinski definition) is 1. The number of carbonyl (C=O) groups excluding carboxylic acids is 2. The number of thiophene rings is 1. The summed E-state index contributed by atoms with van der Waals surface area (Å²) in [5, 5.41) is 9.55. The average Bonchev–Trinajstić information content (AvgIpc) is 2.90. The number of carboxylic acid groups (broad SMARTS) is 1. The SMILES string of the molecule is CCc1cc(C(=O)O)c(N2C(=O)CC(C)(C(C)C)C2=O)s1. The summed E-state index contributed by atoms with van der Waals surface area (Å²) in [5.41, 5.74) is -0.727. The van der Waals surface area contributed by atoms with Crippen LogP contribution in [0.15, 0.2) is 6.07 Å². The van der Waals surface area contributed by atoms with Crippen LogP contribution in [0.4, 0.5) is 5.00 Å². The zero-order valence-corrected chi connectivity index (χ0v) is 13.4. The number of aromatic carboxylic acids is 1. The Kier molecular flexibility index (Phi) is 3.93. The number of carboxylic acids is 1. The minimum absolute atomic E-state index is 0.0119. The van der Waals surface area contributed by atoms with Crippen molar-refractivity contribution in [3.63, 3.8) is 0 Å². The zero-order chi connectivity index (χ0) is 15.9. The van der Waals surface area contributed by atoms with Gasteiger partial charge >= 0.3 is 5.97 Å². The van der Waals surface area contributed by atoms with Crippen molar-refractivity contribution in [3.8, 4) is 0 Å². The Balaban J connectivity index is 2.52. The largest absolute Gasteiger partial charge is 0.478 e. The van der Waals surface area contributed by atoms with Crippen LogP contribution in [0, 0.1) is 11.3 Å². The molecule has 2 rings (SSSR count). The molecule has 2 heterocycles. The summed E-state index contributed by atoms with van der Waals surface area (Å²) in [7, 11) is 0. The fraction of sp³-hybridized carbons (Fsp3) is 0.533. The van der Waals surface area contributed by atoms with Gasteiger partial charge in [0, 0.05) is 11.3 Å². The maximum absolute atomic E-state index is 12.7. The van der Waals surface area contributed by atoms with Gasteiger partial charge in [0.05, 0.1) is 11.0 Å². The molecule has 0 bridgehead atoms. The third-order valence-corrected chi connectivity index (χ3v) is 5.54. The highest BCUT2D eigenvalue weighted by molar-refractivity contribution is 7.17. The van der Waals surface area contributed by atoms with E-state index in [-0.39, 0.29) is 34.7 Å². The van der Waals surface area contributed by atoms with E-state index in [4.69, 9.17) is 0 Å². The van der Waals surface area contributed by atoms with Crippen LogP contribution >= 0.6 is 11.3 Å². The van der Waals surface area contributed by atoms with Gasteiger partial charge in [0.15, 0.2) is 0 Å². The first kappa shape index (κ1) is 15.7. The van der Waals surface area contributed by atoms with Gasteiger partial charge in [0.1, 0.15) is 5.00 Å². The second-order valence-corrected chi connectivity index (χ2v) is 6.99. The van der Waals surface area contributed by atoms with Crippen molar-refractivity contribution in [2.75, 3.05) is 4.90 Å². The third-order valence-electron chi connectivity index (χ3n) is 4.28. The molecular weight excluding hydrogens is 290 g/mol. The molecule has 1 fully saturated rings. The molecule has 1 aromatic heterocycles. The lowest BCUT2D eigenvalue weighted by Gasteiger charge is -2.25. The Bertz CT molecular complexity index is 619. The lowest BCUT2D eigenvalue weighted by Crippen LogP contribution is -2.37. The molecule has 6 heteroatoms. The van der Waals surface area contributed by atoms with Gasteiger partial charge in [-0.3, -0.25) is 9.59 Å². The number of anilines is 1. The molecule has 114 valence electrons. The molecule has 2 amide bonds. The van der Waals surface area contributed by atoms with Crippen molar-refractivity contribution in [2.45, 2.75) is 40.5 Å². The van der Waals surface area contributed by atoms with Crippen LogP contribution in [0.2, 0.25) is 0 Å². The Morgan fingerprint density at radius 3 is 2.52 bits per heavy atom. The maximum Gasteiger partial charge on any atom is 0.338 e. The molecule has 1 aliphatic heterocycles. The molecule has 0 saturated carbocycles. The average molecular weight is 309 g/mol. The number of rotatable bonds is 4. The van der Waals surface area contributed by atoms with E-state index in [1.54, 1.807) is 13.0 Å². The molecule has 1 N–H and O–H groups in total. The van der Waals surface area contributed by atoms with E-state index >= 15 is 0 Å². The molecule has 0 aliphatic carbocycles. The molecule has 0 aromatic carbocycles. The summed E-state index contributed by atoms with van der Waals surface area (Å²) in [6.07, 6.45) is 0.796. The fourth-order valence-electron chi connectivity index (χ4n) is 2.42. The second-order valence-electron chi connectivity index (χ2n) is 5.87. The molecule has 0 spiro atoms. The molecule has 1 saturated heterocycles. The smallest absolute Gasteiger partial charge is 0.338 e. The minimum Gasteiger partial charge on any atom is -0.478 e. The van der Waals surface area contributed by atoms with E-state index in [0.717, 1.165) is 9.78 Å². The van der Waals surface area contributed by atoms with E-state index < -0.39 is 11.4 Å². The van der Waals surface area contributed by atoms with Crippen LogP contribution in [0.1, 0.15) is 49.4 Å². The van der Waals surface area contributed by atoms with Crippen molar-refractivity contribution in [1.82, 2.24) is 0 Å². The lowest BCUT2D eigenvalue weighted by molar-refractivity contribution is -0.126. The number of nitrogens with zero attached hydrogens (tertiary/aromatic N) is 1. The van der Waals surface area contributed by atoms with Crippen LogP contribution in [0.3, 0.4) is 0 Å². The fourth-order valence-corrected chi connectivity index (χ4v) is 3.52. The van der Waals surface area contributed by atoms with Gasteiger partial charge in [-0.25, -0.2) is 9.69 Å². The summed E-state index contributed by atoms with van der Waals surface area (Å²) in [6.45, 7) is 7.48. The molecular formula is C15H19NO4S. The van der Waals surface area contributed by atoms with Gasteiger partial charge in [-0.05, 0) is 25.3 Å². The van der Waals surface area contributed by atoms with E-state index in [1.807, 2.05) is 20.8 Å². The number of imide groups is 1. The van der Waals surface area contributed by atoms with Crippen LogP contribution in [-0.4, -0.2) is 22.9 Å². The first-order valence-electron chi connectivity index (χ1n) is 6.95. The van der Waals surface area contributed by atoms with Crippen molar-refractivity contribution < 1.29 is 19.5 Å². The molecule has 1 aliphatic rings. The van der Waals surface area contributed by atoms with Gasteiger partial charge < -0.3 is 5.11 Å². The number of aryl methyl sites for hydroxylation is 1. The number of carbonyl (C=O) groups is 3. The molecule has 1 unspecified atom stereocenters. The maximum atomic E-state index is 12.7. The van der Waals surface area contributed by atoms with Crippen LogP contribution < -0.4 is 4.90 Å². The van der Waals surface area contributed by atoms with Crippen molar-refractivity contribution >= 4 is 34.1 Å². The topological polar surface area (TPSA) is 74.7 Å². The normalized spacial score (nSPS) is 22.4. The number of hydrogen-bond acceptors (Lipinski definition) is 4. The van der Waals surface area contributed by atoms with E-state index in [1.165, 1.54) is 11.3 Å². The summed E-state index contributed by atoms with van der Waals surface area (Å²) in [6, 6.07) is 1.55. The van der Waals surface area contributed by atoms with E-state index in [2.05, 4.69) is 0 Å². The van der Waals surface area contributed by atoms with Gasteiger partial charge in [-0.2, -0.15) is 0 Å². The molecule has 5 nitrogen and oxygen atoms in total. The lowest BCUT2D eigenvalue weighted by atomic mass is 9.78. The monoisotopic (exact) mass is 309 g/mol. The summed E-state index contributed by atoms with van der Waals surface area (Å²) < 4.78 is 0. The first-order valence-corrected chi connectivity index (χ1v) is 7.77. The third kappa shape index (κ3) is 2.37. The first-order chi connectivity index (χ1) is 9.72. The summed E-state index contributed by atoms with van der Waals surface area (Å²) in [5.74, 6) is -1.71. The summed E-state index contributed by atoms with van der Waals surface area (Å²) in [4.78, 5) is 38.3. The number of amides is 2. The molecule has 0 radical (unpaired) electrons. The van der Waals surface area contributed by atoms with Crippen molar-refractivity contribution in [1.29, 1.82) is 0 Å². The van der Waals surface area contributed by atoms with Gasteiger partial charge in [-0.1, -0.05) is 20.8 Å². The highest BCUT2D eigenvalue weighted by Gasteiger charge is 2.51. The zero-order valence-electron chi connectivity index (χ0n) is 12.6. The summed E-state index contributed by atoms with van der Waals surface area (Å²) >= 11 is 1.21. The Morgan fingerprint density at radius 2 is 2.10 bits per heavy atom. The standard InChI is InChI=1S/C15H19NO4S/c1-5-9-6-10(13(18)19)12(21-9)16-11(17)7-15(4,8(2)3)14(16)20/h6,8H,5,7H2,1-4H3,(H,18,19). The Labute approximate surface area is 127 Å². The predicted molar refractivity (Wildman–Crippen MR) is 80.7 cm³/mol. The van der Waals surface area contributed by atoms with Gasteiger partial charge in [-0.15, -0.1) is 11.3 Å². The van der Waals surface area contributed by atoms with Gasteiger partial charge in [0.2, 0.25) is 11.8 Å². The van der Waals surface area contributed by atoms with E-state index in [9.17, 15) is 19.5 Å².